The minimum absolute atomic E-state index is 0.0178. The second-order valence-electron chi connectivity index (χ2n) is 4.31. The van der Waals surface area contributed by atoms with Crippen LogP contribution in [-0.4, -0.2) is 8.42 Å². The van der Waals surface area contributed by atoms with Gasteiger partial charge >= 0.3 is 0 Å². The van der Waals surface area contributed by atoms with Crippen LogP contribution < -0.4 is 0 Å². The van der Waals surface area contributed by atoms with Gasteiger partial charge in [0.1, 0.15) is 0 Å². The van der Waals surface area contributed by atoms with E-state index in [0.29, 0.717) is 4.90 Å². The first-order valence-electron chi connectivity index (χ1n) is 5.62. The average molecular weight is 404 g/mol. The SMILES string of the molecule is Cc1ccc(S(=O)(=O)Cc2cc(Br)ccc2Br)cc1. The van der Waals surface area contributed by atoms with E-state index in [4.69, 9.17) is 0 Å². The summed E-state index contributed by atoms with van der Waals surface area (Å²) in [6, 6.07) is 12.4. The van der Waals surface area contributed by atoms with E-state index in [1.165, 1.54) is 0 Å². The molecule has 2 aromatic rings. The Bertz CT molecular complexity index is 692. The van der Waals surface area contributed by atoms with Gasteiger partial charge in [0.25, 0.3) is 0 Å². The number of halogens is 2. The van der Waals surface area contributed by atoms with E-state index in [-0.39, 0.29) is 5.75 Å². The van der Waals surface area contributed by atoms with Gasteiger partial charge in [-0.1, -0.05) is 49.6 Å². The topological polar surface area (TPSA) is 34.1 Å². The van der Waals surface area contributed by atoms with Crippen LogP contribution in [0.25, 0.3) is 0 Å². The highest BCUT2D eigenvalue weighted by atomic mass is 79.9. The molecule has 0 unspecified atom stereocenters. The molecule has 0 saturated heterocycles. The molecule has 2 aromatic carbocycles. The summed E-state index contributed by atoms with van der Waals surface area (Å²) in [7, 11) is -3.32. The number of hydrogen-bond acceptors (Lipinski definition) is 2. The molecule has 0 radical (unpaired) electrons. The highest BCUT2D eigenvalue weighted by molar-refractivity contribution is 9.11. The zero-order valence-electron chi connectivity index (χ0n) is 10.2. The highest BCUT2D eigenvalue weighted by Gasteiger charge is 2.16. The summed E-state index contributed by atoms with van der Waals surface area (Å²) in [4.78, 5) is 0.352. The van der Waals surface area contributed by atoms with Crippen LogP contribution in [0.2, 0.25) is 0 Å². The van der Waals surface area contributed by atoms with E-state index >= 15 is 0 Å². The van der Waals surface area contributed by atoms with E-state index < -0.39 is 9.84 Å². The molecule has 0 amide bonds. The first-order chi connectivity index (χ1) is 8.88. The van der Waals surface area contributed by atoms with Crippen LogP contribution in [0.15, 0.2) is 56.3 Å². The van der Waals surface area contributed by atoms with Crippen LogP contribution in [-0.2, 0) is 15.6 Å². The maximum absolute atomic E-state index is 12.3. The van der Waals surface area contributed by atoms with Crippen LogP contribution in [0, 0.1) is 6.92 Å². The molecule has 0 aromatic heterocycles. The summed E-state index contributed by atoms with van der Waals surface area (Å²) in [6.07, 6.45) is 0. The van der Waals surface area contributed by atoms with E-state index in [1.54, 1.807) is 12.1 Å². The van der Waals surface area contributed by atoms with Crippen molar-refractivity contribution in [2.75, 3.05) is 0 Å². The first kappa shape index (κ1) is 14.8. The van der Waals surface area contributed by atoms with Gasteiger partial charge in [0.05, 0.1) is 10.6 Å². The summed E-state index contributed by atoms with van der Waals surface area (Å²) >= 11 is 6.74. The van der Waals surface area contributed by atoms with E-state index in [2.05, 4.69) is 31.9 Å². The van der Waals surface area contributed by atoms with Crippen molar-refractivity contribution in [2.45, 2.75) is 17.6 Å². The van der Waals surface area contributed by atoms with Crippen molar-refractivity contribution >= 4 is 41.7 Å². The lowest BCUT2D eigenvalue weighted by Crippen LogP contribution is -2.05. The zero-order valence-corrected chi connectivity index (χ0v) is 14.2. The van der Waals surface area contributed by atoms with Crippen molar-refractivity contribution < 1.29 is 8.42 Å². The molecule has 0 aliphatic rings. The summed E-state index contributed by atoms with van der Waals surface area (Å²) in [5.41, 5.74) is 1.79. The van der Waals surface area contributed by atoms with Crippen LogP contribution in [0.4, 0.5) is 0 Å². The van der Waals surface area contributed by atoms with Crippen LogP contribution in [0.3, 0.4) is 0 Å². The van der Waals surface area contributed by atoms with Gasteiger partial charge in [0.2, 0.25) is 0 Å². The molecular formula is C14H12Br2O2S. The van der Waals surface area contributed by atoms with Gasteiger partial charge in [-0.3, -0.25) is 0 Å². The summed E-state index contributed by atoms with van der Waals surface area (Å²) in [5, 5.41) is 0. The predicted molar refractivity (Wildman–Crippen MR) is 83.9 cm³/mol. The van der Waals surface area contributed by atoms with E-state index in [9.17, 15) is 8.42 Å². The maximum atomic E-state index is 12.3. The summed E-state index contributed by atoms with van der Waals surface area (Å²) < 4.78 is 26.3. The Morgan fingerprint density at radius 3 is 2.26 bits per heavy atom. The average Bonchev–Trinajstić information content (AvgIpc) is 2.34. The fraction of sp³-hybridized carbons (Fsp3) is 0.143. The minimum Gasteiger partial charge on any atom is -0.223 e. The normalized spacial score (nSPS) is 11.5. The molecule has 2 nitrogen and oxygen atoms in total. The van der Waals surface area contributed by atoms with Gasteiger partial charge in [-0.15, -0.1) is 0 Å². The molecule has 0 N–H and O–H groups in total. The molecule has 0 aliphatic heterocycles. The van der Waals surface area contributed by atoms with Crippen LogP contribution in [0.5, 0.6) is 0 Å². The Labute approximate surface area is 130 Å². The Hall–Kier alpha value is -0.650. The van der Waals surface area contributed by atoms with Gasteiger partial charge in [-0.25, -0.2) is 8.42 Å². The molecule has 0 heterocycles. The first-order valence-corrected chi connectivity index (χ1v) is 8.86. The molecule has 2 rings (SSSR count). The molecule has 0 fully saturated rings. The third kappa shape index (κ3) is 3.68. The van der Waals surface area contributed by atoms with E-state index in [1.807, 2.05) is 37.3 Å². The minimum atomic E-state index is -3.32. The third-order valence-corrected chi connectivity index (χ3v) is 5.68. The second-order valence-corrected chi connectivity index (χ2v) is 8.07. The molecule has 0 bridgehead atoms. The van der Waals surface area contributed by atoms with Gasteiger partial charge in [-0.2, -0.15) is 0 Å². The molecule has 0 aliphatic carbocycles. The number of rotatable bonds is 3. The quantitative estimate of drug-likeness (QED) is 0.756. The van der Waals surface area contributed by atoms with Crippen LogP contribution >= 0.6 is 31.9 Å². The summed E-state index contributed by atoms with van der Waals surface area (Å²) in [5.74, 6) is -0.0178. The zero-order chi connectivity index (χ0) is 14.0. The Morgan fingerprint density at radius 1 is 1.00 bits per heavy atom. The molecule has 0 atom stereocenters. The largest absolute Gasteiger partial charge is 0.223 e. The molecule has 100 valence electrons. The van der Waals surface area contributed by atoms with Gasteiger partial charge < -0.3 is 0 Å². The fourth-order valence-corrected chi connectivity index (χ4v) is 4.03. The predicted octanol–water partition coefficient (Wildman–Crippen LogP) is 4.49. The number of aryl methyl sites for hydroxylation is 1. The van der Waals surface area contributed by atoms with Gasteiger partial charge in [0.15, 0.2) is 9.84 Å². The van der Waals surface area contributed by atoms with Crippen molar-refractivity contribution in [1.29, 1.82) is 0 Å². The Kier molecular flexibility index (Phi) is 4.48. The monoisotopic (exact) mass is 402 g/mol. The standard InChI is InChI=1S/C14H12Br2O2S/c1-10-2-5-13(6-3-10)19(17,18)9-11-8-12(15)4-7-14(11)16/h2-8H,9H2,1H3. The van der Waals surface area contributed by atoms with Gasteiger partial charge in [-0.05, 0) is 42.8 Å². The second kappa shape index (κ2) is 5.77. The maximum Gasteiger partial charge on any atom is 0.182 e. The molecule has 0 saturated carbocycles. The fourth-order valence-electron chi connectivity index (χ4n) is 1.69. The lowest BCUT2D eigenvalue weighted by molar-refractivity contribution is 0.595. The molecular weight excluding hydrogens is 392 g/mol. The number of sulfone groups is 1. The van der Waals surface area contributed by atoms with E-state index in [0.717, 1.165) is 20.1 Å². The van der Waals surface area contributed by atoms with Crippen molar-refractivity contribution in [1.82, 2.24) is 0 Å². The van der Waals surface area contributed by atoms with Crippen molar-refractivity contribution in [3.8, 4) is 0 Å². The lowest BCUT2D eigenvalue weighted by atomic mass is 10.2. The van der Waals surface area contributed by atoms with Crippen LogP contribution in [0.1, 0.15) is 11.1 Å². The summed E-state index contributed by atoms with van der Waals surface area (Å²) in [6.45, 7) is 1.93. The van der Waals surface area contributed by atoms with Crippen molar-refractivity contribution in [2.24, 2.45) is 0 Å². The molecule has 5 heteroatoms. The van der Waals surface area contributed by atoms with Crippen molar-refractivity contribution in [3.63, 3.8) is 0 Å². The van der Waals surface area contributed by atoms with Gasteiger partial charge in [0, 0.05) is 8.95 Å². The number of benzene rings is 2. The lowest BCUT2D eigenvalue weighted by Gasteiger charge is -2.07. The highest BCUT2D eigenvalue weighted by Crippen LogP contribution is 2.25. The van der Waals surface area contributed by atoms with Crippen molar-refractivity contribution in [3.05, 3.63) is 62.5 Å². The molecule has 0 spiro atoms. The Balaban J connectivity index is 2.36. The number of hydrogen-bond donors (Lipinski definition) is 0. The molecule has 19 heavy (non-hydrogen) atoms. The third-order valence-electron chi connectivity index (χ3n) is 2.73. The Morgan fingerprint density at radius 2 is 1.63 bits per heavy atom. The smallest absolute Gasteiger partial charge is 0.182 e.